The Hall–Kier alpha value is -4.85. The molecule has 55 heavy (non-hydrogen) atoms. The number of hydrogen-bond acceptors (Lipinski definition) is 5. The van der Waals surface area contributed by atoms with E-state index in [1.54, 1.807) is 12.2 Å². The summed E-state index contributed by atoms with van der Waals surface area (Å²) in [7, 11) is -1.86. The smallest absolute Gasteiger partial charge is 0.327 e. The van der Waals surface area contributed by atoms with Crippen LogP contribution in [0.2, 0.25) is 0 Å². The topological polar surface area (TPSA) is 142 Å². The van der Waals surface area contributed by atoms with Gasteiger partial charge in [-0.05, 0) is 74.4 Å². The van der Waals surface area contributed by atoms with E-state index < -0.39 is 19.2 Å². The molecule has 2 aliphatic rings. The molecule has 4 atom stereocenters. The zero-order chi connectivity index (χ0) is 39.3. The number of aliphatic carboxylic acids is 2. The van der Waals surface area contributed by atoms with E-state index in [9.17, 15) is 19.2 Å². The van der Waals surface area contributed by atoms with Gasteiger partial charge in [-0.15, -0.1) is 0 Å². The molecule has 2 heterocycles. The Labute approximate surface area is 326 Å². The van der Waals surface area contributed by atoms with Gasteiger partial charge in [0.1, 0.15) is 23.2 Å². The fraction of sp³-hybridized carbons (Fsp3) is 0.378. The van der Waals surface area contributed by atoms with E-state index in [1.165, 1.54) is 22.0 Å². The number of carbonyl (C=O) groups is 4. The summed E-state index contributed by atoms with van der Waals surface area (Å²) in [6, 6.07) is 31.9. The molecular weight excluding hydrogens is 711 g/mol. The normalized spacial score (nSPS) is 19.0. The van der Waals surface area contributed by atoms with E-state index in [2.05, 4.69) is 96.4 Å². The molecule has 292 valence electrons. The predicted octanol–water partition coefficient (Wildman–Crippen LogP) is 6.58. The van der Waals surface area contributed by atoms with Gasteiger partial charge in [-0.2, -0.15) is 0 Å². The molecule has 3 aromatic rings. The van der Waals surface area contributed by atoms with Crippen LogP contribution in [0.3, 0.4) is 0 Å². The highest BCUT2D eigenvalue weighted by atomic mass is 31.2. The first kappa shape index (κ1) is 42.9. The zero-order valence-electron chi connectivity index (χ0n) is 31.8. The minimum atomic E-state index is -1.86. The number of amides is 2. The first-order valence-electron chi connectivity index (χ1n) is 19.4. The van der Waals surface area contributed by atoms with E-state index in [-0.39, 0.29) is 36.5 Å². The van der Waals surface area contributed by atoms with Crippen LogP contribution in [0, 0.1) is 11.8 Å². The summed E-state index contributed by atoms with van der Waals surface area (Å²) in [6.45, 7) is 2.67. The van der Waals surface area contributed by atoms with Crippen molar-refractivity contribution in [1.82, 2.24) is 10.6 Å². The SMILES string of the molecule is CCCCCC(=O)NCC(=O)NC[C@H]1[C@@H](C/C=C\C/C=C/C(=O)O)[C@H]2CC[C@@H]1O2.O=C(O)C=CCC[P+](c1ccccc1)(c1ccccc1)c1ccccc1. The molecule has 4 N–H and O–H groups in total. The fourth-order valence-corrected chi connectivity index (χ4v) is 11.8. The summed E-state index contributed by atoms with van der Waals surface area (Å²) in [6.07, 6.45) is 18.8. The van der Waals surface area contributed by atoms with Crippen molar-refractivity contribution in [2.45, 2.75) is 76.9 Å². The van der Waals surface area contributed by atoms with Gasteiger partial charge in [0.2, 0.25) is 11.8 Å². The van der Waals surface area contributed by atoms with Gasteiger partial charge in [-0.25, -0.2) is 9.59 Å². The minimum absolute atomic E-state index is 0.0209. The van der Waals surface area contributed by atoms with Crippen molar-refractivity contribution < 1.29 is 34.1 Å². The minimum Gasteiger partial charge on any atom is -0.478 e. The molecule has 0 radical (unpaired) electrons. The number of allylic oxidation sites excluding steroid dienone is 4. The van der Waals surface area contributed by atoms with Crippen LogP contribution >= 0.6 is 7.26 Å². The first-order chi connectivity index (χ1) is 26.7. The van der Waals surface area contributed by atoms with E-state index >= 15 is 0 Å². The molecule has 0 aromatic heterocycles. The zero-order valence-corrected chi connectivity index (χ0v) is 32.7. The van der Waals surface area contributed by atoms with Crippen LogP contribution in [-0.4, -0.2) is 65.4 Å². The monoisotopic (exact) mass is 767 g/mol. The number of hydrogen-bond donors (Lipinski definition) is 4. The summed E-state index contributed by atoms with van der Waals surface area (Å²) in [4.78, 5) is 45.1. The Balaban J connectivity index is 0.000000246. The van der Waals surface area contributed by atoms with Crippen LogP contribution in [0.15, 0.2) is 127 Å². The molecule has 2 bridgehead atoms. The fourth-order valence-electron chi connectivity index (χ4n) is 7.51. The Bertz CT molecular complexity index is 1630. The Morgan fingerprint density at radius 1 is 0.691 bits per heavy atom. The lowest BCUT2D eigenvalue weighted by atomic mass is 9.77. The third-order valence-electron chi connectivity index (χ3n) is 10.2. The molecule has 0 unspecified atom stereocenters. The van der Waals surface area contributed by atoms with Crippen molar-refractivity contribution in [2.75, 3.05) is 19.3 Å². The maximum atomic E-state index is 12.1. The molecule has 9 nitrogen and oxygen atoms in total. The average Bonchev–Trinajstić information content (AvgIpc) is 3.81. The highest BCUT2D eigenvalue weighted by molar-refractivity contribution is 7.95. The van der Waals surface area contributed by atoms with Gasteiger partial charge < -0.3 is 25.6 Å². The maximum Gasteiger partial charge on any atom is 0.327 e. The molecule has 0 spiro atoms. The third-order valence-corrected chi connectivity index (χ3v) is 14.6. The molecule has 0 aliphatic carbocycles. The maximum absolute atomic E-state index is 12.1. The molecular formula is C45H56N2O7P+. The third kappa shape index (κ3) is 13.4. The van der Waals surface area contributed by atoms with Crippen LogP contribution in [-0.2, 0) is 23.9 Å². The summed E-state index contributed by atoms with van der Waals surface area (Å²) in [5, 5.41) is 27.1. The second kappa shape index (κ2) is 23.2. The Kier molecular flexibility index (Phi) is 18.1. The highest BCUT2D eigenvalue weighted by Gasteiger charge is 2.48. The highest BCUT2D eigenvalue weighted by Crippen LogP contribution is 2.55. The number of ether oxygens (including phenoxy) is 1. The van der Waals surface area contributed by atoms with Gasteiger partial charge >= 0.3 is 11.9 Å². The average molecular weight is 768 g/mol. The summed E-state index contributed by atoms with van der Waals surface area (Å²) < 4.78 is 6.05. The van der Waals surface area contributed by atoms with Crippen molar-refractivity contribution in [3.8, 4) is 0 Å². The van der Waals surface area contributed by atoms with Gasteiger partial charge in [0.05, 0.1) is 24.9 Å². The van der Waals surface area contributed by atoms with Crippen molar-refractivity contribution in [3.05, 3.63) is 127 Å². The largest absolute Gasteiger partial charge is 0.478 e. The molecule has 0 saturated carbocycles. The molecule has 10 heteroatoms. The number of carbonyl (C=O) groups excluding carboxylic acids is 2. The standard InChI is InChI=1S/C23H21O2P.C22H34N2O5/c24-23(25)18-10-11-19-26(20-12-4-1-5-13-20,21-14-6-2-7-15-21)22-16-8-3-9-17-22;1-2-3-6-10-20(25)24-15-21(26)23-14-17-16(18-12-13-19(17)29-18)9-7-4-5-8-11-22(27)28/h1-10,12-18H,11,19H2;4,7-8,11,16-19H,2-3,5-6,9-10,12-15H2,1H3,(H,23,26)(H,24,25)(H,27,28)/p+1/b;7-4-,11-8+/t;16-,17+,18-,19+/m.1/s1. The van der Waals surface area contributed by atoms with Crippen LogP contribution < -0.4 is 26.5 Å². The van der Waals surface area contributed by atoms with E-state index in [0.29, 0.717) is 25.3 Å². The van der Waals surface area contributed by atoms with Gasteiger partial charge in [-0.3, -0.25) is 9.59 Å². The molecule has 5 rings (SSSR count). The number of nitrogens with one attached hydrogen (secondary N) is 2. The van der Waals surface area contributed by atoms with E-state index in [4.69, 9.17) is 14.9 Å². The molecule has 2 fully saturated rings. The van der Waals surface area contributed by atoms with Crippen LogP contribution in [0.1, 0.15) is 64.7 Å². The lowest BCUT2D eigenvalue weighted by Crippen LogP contribution is -2.42. The number of carboxylic acid groups (broad SMARTS) is 2. The Morgan fingerprint density at radius 3 is 1.78 bits per heavy atom. The Morgan fingerprint density at radius 2 is 1.24 bits per heavy atom. The number of fused-ring (bicyclic) bond motifs is 2. The number of rotatable bonds is 20. The summed E-state index contributed by atoms with van der Waals surface area (Å²) in [5.74, 6) is -1.43. The number of benzene rings is 3. The van der Waals surface area contributed by atoms with Crippen LogP contribution in [0.4, 0.5) is 0 Å². The lowest BCUT2D eigenvalue weighted by molar-refractivity contribution is -0.132. The van der Waals surface area contributed by atoms with Crippen molar-refractivity contribution >= 4 is 46.9 Å². The van der Waals surface area contributed by atoms with Gasteiger partial charge in [0.25, 0.3) is 0 Å². The summed E-state index contributed by atoms with van der Waals surface area (Å²) >= 11 is 0. The second-order valence-corrected chi connectivity index (χ2v) is 17.5. The number of unbranched alkanes of at least 4 members (excludes halogenated alkanes) is 2. The number of carboxylic acids is 2. The van der Waals surface area contributed by atoms with Gasteiger partial charge in [0.15, 0.2) is 0 Å². The van der Waals surface area contributed by atoms with Gasteiger partial charge in [-0.1, -0.05) is 98.7 Å². The lowest BCUT2D eigenvalue weighted by Gasteiger charge is -2.27. The van der Waals surface area contributed by atoms with Gasteiger partial charge in [0, 0.05) is 37.5 Å². The summed E-state index contributed by atoms with van der Waals surface area (Å²) in [5.41, 5.74) is 0. The second-order valence-electron chi connectivity index (χ2n) is 13.9. The molecule has 2 saturated heterocycles. The van der Waals surface area contributed by atoms with Crippen LogP contribution in [0.5, 0.6) is 0 Å². The molecule has 3 aromatic carbocycles. The van der Waals surface area contributed by atoms with E-state index in [0.717, 1.165) is 57.2 Å². The quantitative estimate of drug-likeness (QED) is 0.0441. The van der Waals surface area contributed by atoms with Crippen LogP contribution in [0.25, 0.3) is 0 Å². The van der Waals surface area contributed by atoms with Crippen molar-refractivity contribution in [2.24, 2.45) is 11.8 Å². The molecule has 2 amide bonds. The van der Waals surface area contributed by atoms with Crippen molar-refractivity contribution in [3.63, 3.8) is 0 Å². The van der Waals surface area contributed by atoms with E-state index in [1.807, 2.05) is 24.3 Å². The molecule has 2 aliphatic heterocycles. The van der Waals surface area contributed by atoms with Crippen molar-refractivity contribution in [1.29, 1.82) is 0 Å². The first-order valence-corrected chi connectivity index (χ1v) is 21.4. The predicted molar refractivity (Wildman–Crippen MR) is 222 cm³/mol.